The second kappa shape index (κ2) is 7.63. The van der Waals surface area contributed by atoms with Gasteiger partial charge in [0.1, 0.15) is 11.3 Å². The molecule has 0 saturated carbocycles. The monoisotopic (exact) mass is 420 g/mol. The van der Waals surface area contributed by atoms with Gasteiger partial charge in [-0.3, -0.25) is 9.48 Å². The van der Waals surface area contributed by atoms with Gasteiger partial charge in [-0.25, -0.2) is 0 Å². The number of rotatable bonds is 5. The number of hydrogen-bond acceptors (Lipinski definition) is 4. The van der Waals surface area contributed by atoms with E-state index in [4.69, 9.17) is 16.0 Å². The van der Waals surface area contributed by atoms with E-state index in [-0.39, 0.29) is 11.8 Å². The summed E-state index contributed by atoms with van der Waals surface area (Å²) in [6.45, 7) is 3.89. The van der Waals surface area contributed by atoms with E-state index < -0.39 is 0 Å². The number of hydrogen-bond donors (Lipinski definition) is 2. The van der Waals surface area contributed by atoms with E-state index in [0.717, 1.165) is 33.6 Å². The molecule has 1 aliphatic rings. The zero-order valence-electron chi connectivity index (χ0n) is 16.5. The summed E-state index contributed by atoms with van der Waals surface area (Å²) in [5.74, 6) is 1.38. The third-order valence-corrected chi connectivity index (χ3v) is 5.64. The maximum absolute atomic E-state index is 12.2. The Labute approximate surface area is 178 Å². The van der Waals surface area contributed by atoms with Gasteiger partial charge in [-0.2, -0.15) is 5.10 Å². The molecule has 0 unspecified atom stereocenters. The second-order valence-corrected chi connectivity index (χ2v) is 8.07. The highest BCUT2D eigenvalue weighted by Crippen LogP contribution is 2.32. The van der Waals surface area contributed by atoms with Crippen molar-refractivity contribution in [2.45, 2.75) is 13.5 Å². The van der Waals surface area contributed by atoms with Gasteiger partial charge in [-0.15, -0.1) is 0 Å². The van der Waals surface area contributed by atoms with Crippen LogP contribution in [0.2, 0.25) is 5.02 Å². The highest BCUT2D eigenvalue weighted by molar-refractivity contribution is 6.31. The van der Waals surface area contributed by atoms with Crippen LogP contribution in [0.5, 0.6) is 0 Å². The Morgan fingerprint density at radius 3 is 2.77 bits per heavy atom. The molecule has 6 nitrogen and oxygen atoms in total. The average molecular weight is 421 g/mol. The molecule has 2 aromatic carbocycles. The van der Waals surface area contributed by atoms with Crippen molar-refractivity contribution >= 4 is 34.3 Å². The van der Waals surface area contributed by atoms with Crippen LogP contribution in [0.3, 0.4) is 0 Å². The van der Waals surface area contributed by atoms with Crippen LogP contribution < -0.4 is 10.6 Å². The molecular weight excluding hydrogens is 400 g/mol. The van der Waals surface area contributed by atoms with Crippen LogP contribution in [0.15, 0.2) is 59.0 Å². The predicted molar refractivity (Wildman–Crippen MR) is 118 cm³/mol. The summed E-state index contributed by atoms with van der Waals surface area (Å²) in [6, 6.07) is 17.7. The SMILES string of the molecule is Cc1cc(NC(=O)C2CNC2)nn1Cc1cc(Cl)cc2cc(-c3ccccc3)oc12. The fourth-order valence-electron chi connectivity index (χ4n) is 3.64. The minimum absolute atomic E-state index is 0.00193. The summed E-state index contributed by atoms with van der Waals surface area (Å²) in [5, 5.41) is 12.2. The molecule has 1 amide bonds. The Morgan fingerprint density at radius 2 is 2.03 bits per heavy atom. The van der Waals surface area contributed by atoms with Crippen molar-refractivity contribution in [3.8, 4) is 11.3 Å². The van der Waals surface area contributed by atoms with E-state index in [1.54, 1.807) is 0 Å². The van der Waals surface area contributed by atoms with Crippen LogP contribution in [-0.2, 0) is 11.3 Å². The lowest BCUT2D eigenvalue weighted by atomic mass is 10.0. The smallest absolute Gasteiger partial charge is 0.231 e. The molecule has 0 radical (unpaired) electrons. The summed E-state index contributed by atoms with van der Waals surface area (Å²) >= 11 is 6.38. The highest BCUT2D eigenvalue weighted by Gasteiger charge is 2.25. The van der Waals surface area contributed by atoms with Gasteiger partial charge in [0.05, 0.1) is 12.5 Å². The van der Waals surface area contributed by atoms with Crippen LogP contribution in [0.4, 0.5) is 5.82 Å². The number of benzene rings is 2. The number of aromatic nitrogens is 2. The van der Waals surface area contributed by atoms with Crippen molar-refractivity contribution in [2.75, 3.05) is 18.4 Å². The van der Waals surface area contributed by atoms with Crippen molar-refractivity contribution < 1.29 is 9.21 Å². The van der Waals surface area contributed by atoms with Gasteiger partial charge in [0.2, 0.25) is 5.91 Å². The third-order valence-electron chi connectivity index (χ3n) is 5.42. The second-order valence-electron chi connectivity index (χ2n) is 7.63. The number of nitrogens with one attached hydrogen (secondary N) is 2. The van der Waals surface area contributed by atoms with Gasteiger partial charge in [0, 0.05) is 46.4 Å². The first-order chi connectivity index (χ1) is 14.6. The Hall–Kier alpha value is -3.09. The number of aryl methyl sites for hydroxylation is 1. The molecule has 2 N–H and O–H groups in total. The van der Waals surface area contributed by atoms with Crippen LogP contribution in [0.1, 0.15) is 11.3 Å². The van der Waals surface area contributed by atoms with Crippen molar-refractivity contribution in [1.29, 1.82) is 0 Å². The zero-order valence-corrected chi connectivity index (χ0v) is 17.2. The molecule has 0 aliphatic carbocycles. The molecule has 0 atom stereocenters. The predicted octanol–water partition coefficient (Wildman–Crippen LogP) is 4.46. The van der Waals surface area contributed by atoms with Crippen molar-refractivity contribution in [3.63, 3.8) is 0 Å². The summed E-state index contributed by atoms with van der Waals surface area (Å²) in [6.07, 6.45) is 0. The molecule has 2 aromatic heterocycles. The van der Waals surface area contributed by atoms with E-state index in [1.807, 2.05) is 66.2 Å². The van der Waals surface area contributed by atoms with Gasteiger partial charge >= 0.3 is 0 Å². The van der Waals surface area contributed by atoms with Gasteiger partial charge in [-0.1, -0.05) is 41.9 Å². The molecule has 7 heteroatoms. The van der Waals surface area contributed by atoms with E-state index in [1.165, 1.54) is 0 Å². The largest absolute Gasteiger partial charge is 0.456 e. The zero-order chi connectivity index (χ0) is 20.7. The third kappa shape index (κ3) is 3.60. The van der Waals surface area contributed by atoms with Crippen LogP contribution in [0, 0.1) is 12.8 Å². The highest BCUT2D eigenvalue weighted by atomic mass is 35.5. The summed E-state index contributed by atoms with van der Waals surface area (Å²) in [5.41, 5.74) is 3.69. The summed E-state index contributed by atoms with van der Waals surface area (Å²) in [7, 11) is 0. The topological polar surface area (TPSA) is 72.1 Å². The molecule has 1 saturated heterocycles. The fraction of sp³-hybridized carbons (Fsp3) is 0.217. The molecule has 0 bridgehead atoms. The average Bonchev–Trinajstić information content (AvgIpc) is 3.24. The lowest BCUT2D eigenvalue weighted by Gasteiger charge is -2.25. The minimum Gasteiger partial charge on any atom is -0.456 e. The van der Waals surface area contributed by atoms with Crippen molar-refractivity contribution in [1.82, 2.24) is 15.1 Å². The normalized spacial score (nSPS) is 14.1. The number of anilines is 1. The van der Waals surface area contributed by atoms with Crippen molar-refractivity contribution in [2.24, 2.45) is 5.92 Å². The first-order valence-electron chi connectivity index (χ1n) is 9.90. The molecule has 30 heavy (non-hydrogen) atoms. The molecule has 1 fully saturated rings. The number of carbonyl (C=O) groups is 1. The first kappa shape index (κ1) is 18.9. The van der Waals surface area contributed by atoms with Gasteiger partial charge in [0.15, 0.2) is 5.82 Å². The lowest BCUT2D eigenvalue weighted by Crippen LogP contribution is -2.48. The number of nitrogens with zero attached hydrogens (tertiary/aromatic N) is 2. The number of amides is 1. The fourth-order valence-corrected chi connectivity index (χ4v) is 3.89. The van der Waals surface area contributed by atoms with Crippen LogP contribution in [0.25, 0.3) is 22.3 Å². The standard InChI is InChI=1S/C23H21ClN4O2/c1-14-7-21(26-23(29)18-11-25-12-18)27-28(14)13-17-9-19(24)8-16-10-20(30-22(16)17)15-5-3-2-4-6-15/h2-10,18,25H,11-13H2,1H3,(H,26,27,29). The molecule has 152 valence electrons. The van der Waals surface area contributed by atoms with Crippen molar-refractivity contribution in [3.05, 3.63) is 70.9 Å². The number of furan rings is 1. The van der Waals surface area contributed by atoms with Gasteiger partial charge in [0.25, 0.3) is 0 Å². The Bertz CT molecular complexity index is 1220. The Morgan fingerprint density at radius 1 is 1.23 bits per heavy atom. The van der Waals surface area contributed by atoms with Gasteiger partial charge < -0.3 is 15.1 Å². The summed E-state index contributed by atoms with van der Waals surface area (Å²) in [4.78, 5) is 12.2. The molecule has 3 heterocycles. The Kier molecular flexibility index (Phi) is 4.81. The maximum Gasteiger partial charge on any atom is 0.231 e. The molecule has 0 spiro atoms. The number of carbonyl (C=O) groups excluding carboxylic acids is 1. The van der Waals surface area contributed by atoms with E-state index in [9.17, 15) is 4.79 Å². The quantitative estimate of drug-likeness (QED) is 0.500. The first-order valence-corrected chi connectivity index (χ1v) is 10.3. The van der Waals surface area contributed by atoms with Crippen LogP contribution in [-0.4, -0.2) is 28.8 Å². The van der Waals surface area contributed by atoms with Gasteiger partial charge in [-0.05, 0) is 25.1 Å². The maximum atomic E-state index is 12.2. The van der Waals surface area contributed by atoms with E-state index in [0.29, 0.717) is 30.5 Å². The summed E-state index contributed by atoms with van der Waals surface area (Å²) < 4.78 is 8.05. The number of fused-ring (bicyclic) bond motifs is 1. The molecule has 4 aromatic rings. The molecular formula is C23H21ClN4O2. The van der Waals surface area contributed by atoms with E-state index in [2.05, 4.69) is 15.7 Å². The molecule has 5 rings (SSSR count). The number of halogens is 1. The lowest BCUT2D eigenvalue weighted by molar-refractivity contribution is -0.121. The van der Waals surface area contributed by atoms with Crippen LogP contribution >= 0.6 is 11.6 Å². The minimum atomic E-state index is 0.00193. The molecule has 1 aliphatic heterocycles. The van der Waals surface area contributed by atoms with E-state index >= 15 is 0 Å². The Balaban J connectivity index is 1.45.